The van der Waals surface area contributed by atoms with Gasteiger partial charge in [0.25, 0.3) is 0 Å². The van der Waals surface area contributed by atoms with Crippen LogP contribution in [0.25, 0.3) is 21.3 Å². The number of benzene rings is 2. The van der Waals surface area contributed by atoms with E-state index in [0.717, 1.165) is 37.9 Å². The van der Waals surface area contributed by atoms with E-state index in [2.05, 4.69) is 39.7 Å². The second-order valence-electron chi connectivity index (χ2n) is 5.55. The van der Waals surface area contributed by atoms with Crippen LogP contribution in [0.5, 0.6) is 0 Å². The van der Waals surface area contributed by atoms with Crippen molar-refractivity contribution >= 4 is 44.7 Å². The first kappa shape index (κ1) is 15.1. The lowest BCUT2D eigenvalue weighted by Gasteiger charge is -2.09. The molecule has 0 fully saturated rings. The normalized spacial score (nSPS) is 10.9. The Kier molecular flexibility index (Phi) is 3.92. The van der Waals surface area contributed by atoms with Gasteiger partial charge in [-0.05, 0) is 42.3 Å². The van der Waals surface area contributed by atoms with Crippen LogP contribution in [-0.4, -0.2) is 9.97 Å². The fraction of sp³-hybridized carbons (Fsp3) is 0.0526. The molecule has 0 amide bonds. The largest absolute Gasteiger partial charge is 0.340 e. The van der Waals surface area contributed by atoms with Crippen molar-refractivity contribution in [3.63, 3.8) is 0 Å². The molecule has 0 aliphatic carbocycles. The van der Waals surface area contributed by atoms with E-state index < -0.39 is 0 Å². The SMILES string of the molecule is Cc1cccc(Nc2ncnc3scc(-c4ccc(Cl)cc4)c23)c1. The first-order chi connectivity index (χ1) is 11.7. The van der Waals surface area contributed by atoms with Crippen molar-refractivity contribution in [2.24, 2.45) is 0 Å². The highest BCUT2D eigenvalue weighted by atomic mass is 35.5. The number of hydrogen-bond donors (Lipinski definition) is 1. The minimum Gasteiger partial charge on any atom is -0.340 e. The molecule has 2 heterocycles. The monoisotopic (exact) mass is 351 g/mol. The van der Waals surface area contributed by atoms with Crippen molar-refractivity contribution in [3.8, 4) is 11.1 Å². The molecule has 4 aromatic rings. The molecule has 0 aliphatic rings. The number of nitrogens with zero attached hydrogens (tertiary/aromatic N) is 2. The number of thiophene rings is 1. The van der Waals surface area contributed by atoms with Crippen LogP contribution in [0, 0.1) is 6.92 Å². The molecule has 0 atom stereocenters. The summed E-state index contributed by atoms with van der Waals surface area (Å²) < 4.78 is 0. The van der Waals surface area contributed by atoms with Crippen molar-refractivity contribution in [3.05, 3.63) is 70.8 Å². The molecule has 2 aromatic carbocycles. The van der Waals surface area contributed by atoms with E-state index in [-0.39, 0.29) is 0 Å². The summed E-state index contributed by atoms with van der Waals surface area (Å²) in [4.78, 5) is 9.84. The van der Waals surface area contributed by atoms with E-state index >= 15 is 0 Å². The van der Waals surface area contributed by atoms with Gasteiger partial charge in [0.1, 0.15) is 17.0 Å². The Labute approximate surface area is 149 Å². The van der Waals surface area contributed by atoms with E-state index in [9.17, 15) is 0 Å². The maximum Gasteiger partial charge on any atom is 0.143 e. The number of fused-ring (bicyclic) bond motifs is 1. The molecule has 0 bridgehead atoms. The van der Waals surface area contributed by atoms with Crippen LogP contribution in [0.4, 0.5) is 11.5 Å². The van der Waals surface area contributed by atoms with Crippen LogP contribution < -0.4 is 5.32 Å². The Morgan fingerprint density at radius 2 is 1.88 bits per heavy atom. The van der Waals surface area contributed by atoms with Crippen molar-refractivity contribution in [1.82, 2.24) is 9.97 Å². The third-order valence-electron chi connectivity index (χ3n) is 3.81. The summed E-state index contributed by atoms with van der Waals surface area (Å²) in [6, 6.07) is 16.1. The van der Waals surface area contributed by atoms with Gasteiger partial charge in [-0.25, -0.2) is 9.97 Å². The Balaban J connectivity index is 1.84. The van der Waals surface area contributed by atoms with Gasteiger partial charge in [0.2, 0.25) is 0 Å². The second-order valence-corrected chi connectivity index (χ2v) is 6.85. The summed E-state index contributed by atoms with van der Waals surface area (Å²) in [5.41, 5.74) is 4.44. The van der Waals surface area contributed by atoms with Crippen LogP contribution in [0.1, 0.15) is 5.56 Å². The third-order valence-corrected chi connectivity index (χ3v) is 4.94. The van der Waals surface area contributed by atoms with E-state index in [1.54, 1.807) is 17.7 Å². The van der Waals surface area contributed by atoms with Crippen molar-refractivity contribution in [2.45, 2.75) is 6.92 Å². The van der Waals surface area contributed by atoms with Crippen LogP contribution in [0.3, 0.4) is 0 Å². The molecular formula is C19H14ClN3S. The first-order valence-electron chi connectivity index (χ1n) is 7.52. The molecule has 2 aromatic heterocycles. The fourth-order valence-electron chi connectivity index (χ4n) is 2.67. The zero-order valence-electron chi connectivity index (χ0n) is 13.0. The van der Waals surface area contributed by atoms with Crippen molar-refractivity contribution in [1.29, 1.82) is 0 Å². The molecule has 0 unspecified atom stereocenters. The van der Waals surface area contributed by atoms with Gasteiger partial charge >= 0.3 is 0 Å². The van der Waals surface area contributed by atoms with E-state index in [1.165, 1.54) is 5.56 Å². The third kappa shape index (κ3) is 2.86. The number of nitrogens with one attached hydrogen (secondary N) is 1. The number of rotatable bonds is 3. The molecule has 3 nitrogen and oxygen atoms in total. The zero-order chi connectivity index (χ0) is 16.5. The minimum atomic E-state index is 0.729. The van der Waals surface area contributed by atoms with Crippen LogP contribution >= 0.6 is 22.9 Å². The first-order valence-corrected chi connectivity index (χ1v) is 8.78. The Morgan fingerprint density at radius 1 is 1.04 bits per heavy atom. The molecule has 0 radical (unpaired) electrons. The number of hydrogen-bond acceptors (Lipinski definition) is 4. The van der Waals surface area contributed by atoms with Crippen molar-refractivity contribution < 1.29 is 0 Å². The van der Waals surface area contributed by atoms with Gasteiger partial charge in [0.15, 0.2) is 0 Å². The lowest BCUT2D eigenvalue weighted by atomic mass is 10.1. The topological polar surface area (TPSA) is 37.8 Å². The summed E-state index contributed by atoms with van der Waals surface area (Å²) in [6.07, 6.45) is 1.60. The second kappa shape index (κ2) is 6.23. The van der Waals surface area contributed by atoms with Gasteiger partial charge < -0.3 is 5.32 Å². The molecular weight excluding hydrogens is 338 g/mol. The minimum absolute atomic E-state index is 0.729. The molecule has 0 aliphatic heterocycles. The molecule has 4 rings (SSSR count). The maximum atomic E-state index is 6.01. The molecule has 0 saturated heterocycles. The summed E-state index contributed by atoms with van der Waals surface area (Å²) in [7, 11) is 0. The molecule has 118 valence electrons. The lowest BCUT2D eigenvalue weighted by Crippen LogP contribution is -1.95. The van der Waals surface area contributed by atoms with Crippen LogP contribution in [-0.2, 0) is 0 Å². The Hall–Kier alpha value is -2.43. The predicted octanol–water partition coefficient (Wildman–Crippen LogP) is 6.06. The van der Waals surface area contributed by atoms with Gasteiger partial charge in [-0.15, -0.1) is 11.3 Å². The number of aryl methyl sites for hydroxylation is 1. The van der Waals surface area contributed by atoms with Gasteiger partial charge in [0.05, 0.1) is 5.39 Å². The number of halogens is 1. The Morgan fingerprint density at radius 3 is 2.67 bits per heavy atom. The Bertz CT molecular complexity index is 1010. The van der Waals surface area contributed by atoms with E-state index in [0.29, 0.717) is 0 Å². The van der Waals surface area contributed by atoms with Gasteiger partial charge in [-0.3, -0.25) is 0 Å². The lowest BCUT2D eigenvalue weighted by molar-refractivity contribution is 1.23. The quantitative estimate of drug-likeness (QED) is 0.487. The van der Waals surface area contributed by atoms with E-state index in [1.807, 2.05) is 36.4 Å². The molecule has 1 N–H and O–H groups in total. The average Bonchev–Trinajstić information content (AvgIpc) is 3.01. The molecule has 24 heavy (non-hydrogen) atoms. The molecule has 5 heteroatoms. The maximum absolute atomic E-state index is 6.01. The summed E-state index contributed by atoms with van der Waals surface area (Å²) in [5, 5.41) is 7.30. The summed E-state index contributed by atoms with van der Waals surface area (Å²) in [6.45, 7) is 2.07. The number of anilines is 2. The highest BCUT2D eigenvalue weighted by molar-refractivity contribution is 7.17. The van der Waals surface area contributed by atoms with Gasteiger partial charge in [-0.2, -0.15) is 0 Å². The molecule has 0 saturated carbocycles. The fourth-order valence-corrected chi connectivity index (χ4v) is 3.71. The predicted molar refractivity (Wildman–Crippen MR) is 102 cm³/mol. The number of aromatic nitrogens is 2. The van der Waals surface area contributed by atoms with Crippen LogP contribution in [0.2, 0.25) is 5.02 Å². The summed E-state index contributed by atoms with van der Waals surface area (Å²) >= 11 is 7.63. The standard InChI is InChI=1S/C19H14ClN3S/c1-12-3-2-4-15(9-12)23-18-17-16(10-24-19(17)22-11-21-18)13-5-7-14(20)8-6-13/h2-11H,1H3,(H,21,22,23). The zero-order valence-corrected chi connectivity index (χ0v) is 14.5. The molecule has 0 spiro atoms. The average molecular weight is 352 g/mol. The van der Waals surface area contributed by atoms with Crippen molar-refractivity contribution in [2.75, 3.05) is 5.32 Å². The smallest absolute Gasteiger partial charge is 0.143 e. The summed E-state index contributed by atoms with van der Waals surface area (Å²) in [5.74, 6) is 0.816. The van der Waals surface area contributed by atoms with Gasteiger partial charge in [0, 0.05) is 21.7 Å². The highest BCUT2D eigenvalue weighted by Crippen LogP contribution is 2.37. The van der Waals surface area contributed by atoms with E-state index in [4.69, 9.17) is 11.6 Å². The highest BCUT2D eigenvalue weighted by Gasteiger charge is 2.13. The van der Waals surface area contributed by atoms with Gasteiger partial charge in [-0.1, -0.05) is 35.9 Å². The van der Waals surface area contributed by atoms with Crippen LogP contribution in [0.15, 0.2) is 60.2 Å².